The van der Waals surface area contributed by atoms with Crippen LogP contribution in [-0.2, 0) is 24.3 Å². The monoisotopic (exact) mass is 502 g/mol. The van der Waals surface area contributed by atoms with Crippen LogP contribution in [0.5, 0.6) is 0 Å². The maximum absolute atomic E-state index is 12.9. The molecule has 1 aliphatic carbocycles. The minimum atomic E-state index is -3.46. The highest BCUT2D eigenvalue weighted by molar-refractivity contribution is 7.88. The fraction of sp³-hybridized carbons (Fsp3) is 0.962. The first kappa shape index (κ1) is 29.5. The van der Waals surface area contributed by atoms with Gasteiger partial charge in [-0.25, -0.2) is 8.42 Å². The van der Waals surface area contributed by atoms with E-state index in [1.807, 2.05) is 27.7 Å². The number of hydrogen-bond acceptors (Lipinski definition) is 6. The number of carbonyl (C=O) groups is 1. The molecule has 2 atom stereocenters. The van der Waals surface area contributed by atoms with E-state index in [0.29, 0.717) is 6.04 Å². The summed E-state index contributed by atoms with van der Waals surface area (Å²) < 4.78 is 38.5. The first-order valence-corrected chi connectivity index (χ1v) is 15.0. The first-order valence-electron chi connectivity index (χ1n) is 13.1. The number of rotatable bonds is 9. The molecule has 0 amide bonds. The van der Waals surface area contributed by atoms with Gasteiger partial charge in [-0.2, -0.15) is 4.31 Å². The van der Waals surface area contributed by atoms with Crippen LogP contribution in [0.2, 0.25) is 0 Å². The molecule has 1 saturated carbocycles. The van der Waals surface area contributed by atoms with E-state index in [4.69, 9.17) is 9.47 Å². The van der Waals surface area contributed by atoms with Crippen molar-refractivity contribution in [2.75, 3.05) is 32.5 Å². The molecule has 200 valence electrons. The quantitative estimate of drug-likeness (QED) is 0.434. The van der Waals surface area contributed by atoms with Crippen LogP contribution in [0.1, 0.15) is 93.4 Å². The van der Waals surface area contributed by atoms with Crippen LogP contribution in [0.4, 0.5) is 0 Å². The van der Waals surface area contributed by atoms with E-state index in [1.165, 1.54) is 42.9 Å². The smallest absolute Gasteiger partial charge is 0.309 e. The summed E-state index contributed by atoms with van der Waals surface area (Å²) in [5, 5.41) is 0. The Morgan fingerprint density at radius 3 is 2.03 bits per heavy atom. The molecule has 1 saturated heterocycles. The third kappa shape index (κ3) is 9.07. The van der Waals surface area contributed by atoms with Crippen LogP contribution in [0.3, 0.4) is 0 Å². The summed E-state index contributed by atoms with van der Waals surface area (Å²) in [6.07, 6.45) is 8.29. The zero-order chi connectivity index (χ0) is 25.7. The number of nitrogens with zero attached hydrogens (tertiary/aromatic N) is 2. The molecule has 0 aromatic rings. The third-order valence-corrected chi connectivity index (χ3v) is 8.98. The van der Waals surface area contributed by atoms with Crippen molar-refractivity contribution in [1.82, 2.24) is 9.21 Å². The van der Waals surface area contributed by atoms with Crippen LogP contribution >= 0.6 is 0 Å². The molecule has 34 heavy (non-hydrogen) atoms. The molecule has 2 rings (SSSR count). The zero-order valence-corrected chi connectivity index (χ0v) is 23.7. The van der Waals surface area contributed by atoms with Gasteiger partial charge in [0.1, 0.15) is 12.7 Å². The van der Waals surface area contributed by atoms with E-state index in [-0.39, 0.29) is 36.6 Å². The Labute approximate surface area is 209 Å². The number of sulfonamides is 1. The molecule has 7 nitrogen and oxygen atoms in total. The van der Waals surface area contributed by atoms with Gasteiger partial charge >= 0.3 is 5.97 Å². The van der Waals surface area contributed by atoms with Crippen molar-refractivity contribution in [3.8, 4) is 0 Å². The third-order valence-electron chi connectivity index (χ3n) is 7.48. The maximum atomic E-state index is 12.9. The summed E-state index contributed by atoms with van der Waals surface area (Å²) in [4.78, 5) is 15.5. The van der Waals surface area contributed by atoms with E-state index >= 15 is 0 Å². The lowest BCUT2D eigenvalue weighted by molar-refractivity contribution is -0.158. The average molecular weight is 503 g/mol. The molecular weight excluding hydrogens is 452 g/mol. The first-order chi connectivity index (χ1) is 15.6. The van der Waals surface area contributed by atoms with Crippen molar-refractivity contribution < 1.29 is 22.7 Å². The van der Waals surface area contributed by atoms with Crippen LogP contribution < -0.4 is 0 Å². The van der Waals surface area contributed by atoms with Gasteiger partial charge in [0, 0.05) is 18.1 Å². The Morgan fingerprint density at radius 2 is 1.56 bits per heavy atom. The largest absolute Gasteiger partial charge is 0.463 e. The number of esters is 1. The van der Waals surface area contributed by atoms with E-state index < -0.39 is 21.7 Å². The molecule has 0 unspecified atom stereocenters. The van der Waals surface area contributed by atoms with Gasteiger partial charge in [0.05, 0.1) is 18.3 Å². The van der Waals surface area contributed by atoms with Crippen molar-refractivity contribution in [3.05, 3.63) is 0 Å². The number of ether oxygens (including phenoxy) is 2. The van der Waals surface area contributed by atoms with Gasteiger partial charge < -0.3 is 14.4 Å². The van der Waals surface area contributed by atoms with Crippen LogP contribution in [0.15, 0.2) is 0 Å². The van der Waals surface area contributed by atoms with Crippen molar-refractivity contribution >= 4 is 16.0 Å². The summed E-state index contributed by atoms with van der Waals surface area (Å²) >= 11 is 0. The molecule has 0 bridgehead atoms. The number of piperidine rings is 1. The normalized spacial score (nSPS) is 25.2. The Hall–Kier alpha value is -0.700. The zero-order valence-electron chi connectivity index (χ0n) is 22.9. The summed E-state index contributed by atoms with van der Waals surface area (Å²) in [5.41, 5.74) is -0.718. The van der Waals surface area contributed by atoms with Crippen LogP contribution in [0, 0.1) is 11.3 Å². The Morgan fingerprint density at radius 1 is 1.00 bits per heavy atom. The van der Waals surface area contributed by atoms with E-state index in [1.54, 1.807) is 0 Å². The molecular formula is C26H50N2O5S. The van der Waals surface area contributed by atoms with Gasteiger partial charge in [0.15, 0.2) is 0 Å². The fourth-order valence-electron chi connectivity index (χ4n) is 4.97. The van der Waals surface area contributed by atoms with Crippen molar-refractivity contribution in [2.24, 2.45) is 11.3 Å². The summed E-state index contributed by atoms with van der Waals surface area (Å²) in [7, 11) is -3.46. The lowest BCUT2D eigenvalue weighted by atomic mass is 9.85. The SMILES string of the molecule is C[C@H](O[C@H](COC(=O)C1CCC(N2CCCCC2)CC1)CN(C(C)(C)C)S(C)(=O)=O)C(C)(C)C. The molecule has 2 aliphatic rings. The van der Waals surface area contributed by atoms with Gasteiger partial charge in [-0.3, -0.25) is 4.79 Å². The van der Waals surface area contributed by atoms with Crippen molar-refractivity contribution in [2.45, 2.75) is 117 Å². The van der Waals surface area contributed by atoms with Gasteiger partial charge in [-0.05, 0) is 84.7 Å². The van der Waals surface area contributed by atoms with E-state index in [0.717, 1.165) is 25.7 Å². The molecule has 2 fully saturated rings. The number of hydrogen-bond donors (Lipinski definition) is 0. The molecule has 1 aliphatic heterocycles. The molecule has 1 heterocycles. The van der Waals surface area contributed by atoms with Crippen molar-refractivity contribution in [3.63, 3.8) is 0 Å². The Bertz CT molecular complexity index is 742. The van der Waals surface area contributed by atoms with Gasteiger partial charge in [0.25, 0.3) is 0 Å². The Balaban J connectivity index is 1.98. The molecule has 0 aromatic heterocycles. The predicted octanol–water partition coefficient (Wildman–Crippen LogP) is 4.45. The summed E-state index contributed by atoms with van der Waals surface area (Å²) in [5.74, 6) is -0.244. The van der Waals surface area contributed by atoms with E-state index in [2.05, 4.69) is 25.7 Å². The highest BCUT2D eigenvalue weighted by Gasteiger charge is 2.36. The minimum absolute atomic E-state index is 0.0629. The van der Waals surface area contributed by atoms with Gasteiger partial charge in [0.2, 0.25) is 10.0 Å². The fourth-order valence-corrected chi connectivity index (χ4v) is 6.40. The summed E-state index contributed by atoms with van der Waals surface area (Å²) in [6, 6.07) is 0.600. The molecule has 0 N–H and O–H groups in total. The molecule has 0 aromatic carbocycles. The Kier molecular flexibility index (Phi) is 10.4. The lowest BCUT2D eigenvalue weighted by Crippen LogP contribution is -2.51. The van der Waals surface area contributed by atoms with Gasteiger partial charge in [-0.1, -0.05) is 27.2 Å². The highest BCUT2D eigenvalue weighted by atomic mass is 32.2. The predicted molar refractivity (Wildman–Crippen MR) is 137 cm³/mol. The highest BCUT2D eigenvalue weighted by Crippen LogP contribution is 2.30. The lowest BCUT2D eigenvalue weighted by Gasteiger charge is -2.39. The van der Waals surface area contributed by atoms with Crippen LogP contribution in [0.25, 0.3) is 0 Å². The second-order valence-electron chi connectivity index (χ2n) is 12.5. The topological polar surface area (TPSA) is 76.2 Å². The minimum Gasteiger partial charge on any atom is -0.463 e. The molecule has 0 spiro atoms. The second kappa shape index (κ2) is 12.0. The number of likely N-dealkylation sites (tertiary alicyclic amines) is 1. The summed E-state index contributed by atoms with van der Waals surface area (Å²) in [6.45, 7) is 16.4. The average Bonchev–Trinajstić information content (AvgIpc) is 2.73. The van der Waals surface area contributed by atoms with E-state index in [9.17, 15) is 13.2 Å². The molecule has 8 heteroatoms. The van der Waals surface area contributed by atoms with Crippen LogP contribution in [-0.4, -0.2) is 79.9 Å². The second-order valence-corrected chi connectivity index (χ2v) is 14.4. The molecule has 0 radical (unpaired) electrons. The van der Waals surface area contributed by atoms with Gasteiger partial charge in [-0.15, -0.1) is 0 Å². The maximum Gasteiger partial charge on any atom is 0.309 e. The number of carbonyl (C=O) groups excluding carboxylic acids is 1. The standard InChI is InChI=1S/C26H50N2O5S/c1-20(25(2,3)4)33-23(18-28(26(5,6)7)34(8,30)31)19-32-24(29)21-12-14-22(15-13-21)27-16-10-9-11-17-27/h20-23H,9-19H2,1-8H3/t20-,21?,22?,23-/m0/s1. The van der Waals surface area contributed by atoms with Crippen molar-refractivity contribution in [1.29, 1.82) is 0 Å².